The molecule has 0 heterocycles. The first kappa shape index (κ1) is 27.2. The molecule has 1 saturated carbocycles. The number of aryl methyl sites for hydroxylation is 1. The lowest BCUT2D eigenvalue weighted by Crippen LogP contribution is -2.53. The molecule has 6 nitrogen and oxygen atoms in total. The zero-order valence-electron chi connectivity index (χ0n) is 22.4. The maximum absolute atomic E-state index is 13.8. The Morgan fingerprint density at radius 2 is 1.55 bits per heavy atom. The molecule has 1 aliphatic carbocycles. The van der Waals surface area contributed by atoms with Gasteiger partial charge in [-0.05, 0) is 60.7 Å². The molecule has 0 spiro atoms. The number of methoxy groups -OCH3 is 1. The lowest BCUT2D eigenvalue weighted by Gasteiger charge is -2.33. The Bertz CT molecular complexity index is 1170. The topological polar surface area (TPSA) is 67.9 Å². The van der Waals surface area contributed by atoms with Gasteiger partial charge in [-0.3, -0.25) is 9.59 Å². The van der Waals surface area contributed by atoms with Gasteiger partial charge in [-0.2, -0.15) is 0 Å². The van der Waals surface area contributed by atoms with Crippen molar-refractivity contribution in [1.29, 1.82) is 0 Å². The van der Waals surface area contributed by atoms with Crippen LogP contribution >= 0.6 is 0 Å². The maximum atomic E-state index is 13.8. The van der Waals surface area contributed by atoms with Crippen LogP contribution in [0.5, 0.6) is 11.5 Å². The smallest absolute Gasteiger partial charge is 0.261 e. The number of carbonyl (C=O) groups excluding carboxylic acids is 2. The molecule has 0 aliphatic heterocycles. The van der Waals surface area contributed by atoms with Crippen molar-refractivity contribution in [2.24, 2.45) is 0 Å². The van der Waals surface area contributed by atoms with Gasteiger partial charge < -0.3 is 19.7 Å². The van der Waals surface area contributed by atoms with Crippen molar-refractivity contribution >= 4 is 11.8 Å². The van der Waals surface area contributed by atoms with E-state index in [2.05, 4.69) is 5.32 Å². The van der Waals surface area contributed by atoms with Gasteiger partial charge in [0.15, 0.2) is 6.61 Å². The van der Waals surface area contributed by atoms with Crippen molar-refractivity contribution in [2.75, 3.05) is 13.7 Å². The summed E-state index contributed by atoms with van der Waals surface area (Å²) in [5.41, 5.74) is 3.09. The van der Waals surface area contributed by atoms with E-state index in [1.54, 1.807) is 36.3 Å². The molecule has 6 heteroatoms. The molecule has 0 saturated heterocycles. The fourth-order valence-corrected chi connectivity index (χ4v) is 4.97. The molecule has 1 atom stereocenters. The molecule has 3 aromatic rings. The summed E-state index contributed by atoms with van der Waals surface area (Å²) in [6.07, 6.45) is 5.85. The molecular weight excluding hydrogens is 476 g/mol. The summed E-state index contributed by atoms with van der Waals surface area (Å²) >= 11 is 0. The van der Waals surface area contributed by atoms with Crippen LogP contribution in [0.4, 0.5) is 0 Å². The van der Waals surface area contributed by atoms with Gasteiger partial charge in [0.25, 0.3) is 5.91 Å². The van der Waals surface area contributed by atoms with Gasteiger partial charge in [-0.15, -0.1) is 0 Å². The van der Waals surface area contributed by atoms with Crippen LogP contribution in [0.15, 0.2) is 78.9 Å². The summed E-state index contributed by atoms with van der Waals surface area (Å²) in [7, 11) is 1.61. The third-order valence-corrected chi connectivity index (χ3v) is 7.25. The Labute approximate surface area is 226 Å². The molecule has 4 rings (SSSR count). The van der Waals surface area contributed by atoms with Crippen LogP contribution in [-0.4, -0.2) is 42.5 Å². The lowest BCUT2D eigenvalue weighted by atomic mass is 9.94. The van der Waals surface area contributed by atoms with Crippen LogP contribution < -0.4 is 14.8 Å². The average molecular weight is 515 g/mol. The standard InChI is InChI=1S/C32H38N2O4/c1-24-11-9-10-14-26(24)22-34(31(35)23-38-29-19-17-28(37-2)18-20-29)30(21-25-12-5-3-6-13-25)32(36)33-27-15-7-4-8-16-27/h3,5-6,9-14,17-20,27,30H,4,7-8,15-16,21-23H2,1-2H3,(H,33,36)/t30-/m0/s1. The third kappa shape index (κ3) is 7.60. The minimum atomic E-state index is -0.661. The Morgan fingerprint density at radius 3 is 2.24 bits per heavy atom. The van der Waals surface area contributed by atoms with Gasteiger partial charge in [0.1, 0.15) is 17.5 Å². The second kappa shape index (κ2) is 13.7. The zero-order chi connectivity index (χ0) is 26.7. The third-order valence-electron chi connectivity index (χ3n) is 7.25. The van der Waals surface area contributed by atoms with E-state index in [1.165, 1.54) is 6.42 Å². The number of benzene rings is 3. The van der Waals surface area contributed by atoms with E-state index in [-0.39, 0.29) is 24.5 Å². The van der Waals surface area contributed by atoms with Crippen molar-refractivity contribution in [2.45, 2.75) is 64.1 Å². The molecule has 0 radical (unpaired) electrons. The van der Waals surface area contributed by atoms with E-state index in [0.717, 1.165) is 42.4 Å². The van der Waals surface area contributed by atoms with Crippen LogP contribution in [-0.2, 0) is 22.6 Å². The first-order valence-electron chi connectivity index (χ1n) is 13.5. The summed E-state index contributed by atoms with van der Waals surface area (Å²) < 4.78 is 11.1. The van der Waals surface area contributed by atoms with Crippen LogP contribution in [0, 0.1) is 6.92 Å². The minimum absolute atomic E-state index is 0.105. The Kier molecular flexibility index (Phi) is 9.79. The normalized spacial score (nSPS) is 14.4. The molecule has 3 aromatic carbocycles. The van der Waals surface area contributed by atoms with Crippen LogP contribution in [0.2, 0.25) is 0 Å². The number of ether oxygens (including phenoxy) is 2. The van der Waals surface area contributed by atoms with Crippen LogP contribution in [0.3, 0.4) is 0 Å². The summed E-state index contributed by atoms with van der Waals surface area (Å²) in [4.78, 5) is 29.3. The number of rotatable bonds is 11. The first-order valence-corrected chi connectivity index (χ1v) is 13.5. The van der Waals surface area contributed by atoms with E-state index in [4.69, 9.17) is 9.47 Å². The summed E-state index contributed by atoms with van der Waals surface area (Å²) in [5.74, 6) is 0.948. The minimum Gasteiger partial charge on any atom is -0.497 e. The number of amides is 2. The molecule has 1 N–H and O–H groups in total. The first-order chi connectivity index (χ1) is 18.5. The van der Waals surface area contributed by atoms with Crippen molar-refractivity contribution in [1.82, 2.24) is 10.2 Å². The van der Waals surface area contributed by atoms with Gasteiger partial charge in [-0.1, -0.05) is 73.9 Å². The summed E-state index contributed by atoms with van der Waals surface area (Å²) in [6, 6.07) is 24.5. The largest absolute Gasteiger partial charge is 0.497 e. The number of hydrogen-bond donors (Lipinski definition) is 1. The molecule has 0 unspecified atom stereocenters. The predicted octanol–water partition coefficient (Wildman–Crippen LogP) is 5.47. The molecule has 1 fully saturated rings. The highest BCUT2D eigenvalue weighted by atomic mass is 16.5. The highest BCUT2D eigenvalue weighted by molar-refractivity contribution is 5.88. The molecule has 38 heavy (non-hydrogen) atoms. The van der Waals surface area contributed by atoms with Gasteiger partial charge in [0, 0.05) is 19.0 Å². The monoisotopic (exact) mass is 514 g/mol. The number of hydrogen-bond acceptors (Lipinski definition) is 4. The van der Waals surface area contributed by atoms with Crippen molar-refractivity contribution in [3.8, 4) is 11.5 Å². The highest BCUT2D eigenvalue weighted by Crippen LogP contribution is 2.21. The molecular formula is C32H38N2O4. The molecule has 0 bridgehead atoms. The number of nitrogens with one attached hydrogen (secondary N) is 1. The van der Waals surface area contributed by atoms with E-state index in [9.17, 15) is 9.59 Å². The number of carbonyl (C=O) groups is 2. The maximum Gasteiger partial charge on any atom is 0.261 e. The van der Waals surface area contributed by atoms with Crippen molar-refractivity contribution in [3.63, 3.8) is 0 Å². The molecule has 2 amide bonds. The Hall–Kier alpha value is -3.80. The number of nitrogens with zero attached hydrogens (tertiary/aromatic N) is 1. The molecule has 200 valence electrons. The zero-order valence-corrected chi connectivity index (χ0v) is 22.4. The Morgan fingerprint density at radius 1 is 0.895 bits per heavy atom. The second-order valence-corrected chi connectivity index (χ2v) is 9.96. The molecule has 1 aliphatic rings. The fourth-order valence-electron chi connectivity index (χ4n) is 4.97. The fraction of sp³-hybridized carbons (Fsp3) is 0.375. The molecule has 0 aromatic heterocycles. The Balaban J connectivity index is 1.60. The van der Waals surface area contributed by atoms with Crippen LogP contribution in [0.1, 0.15) is 48.8 Å². The van der Waals surface area contributed by atoms with E-state index in [1.807, 2.05) is 61.5 Å². The SMILES string of the molecule is COc1ccc(OCC(=O)N(Cc2ccccc2C)[C@@H](Cc2ccccc2)C(=O)NC2CCCCC2)cc1. The lowest BCUT2D eigenvalue weighted by molar-refractivity contribution is -0.143. The van der Waals surface area contributed by atoms with Crippen molar-refractivity contribution < 1.29 is 19.1 Å². The van der Waals surface area contributed by atoms with E-state index < -0.39 is 6.04 Å². The summed E-state index contributed by atoms with van der Waals surface area (Å²) in [6.45, 7) is 2.19. The predicted molar refractivity (Wildman–Crippen MR) is 149 cm³/mol. The van der Waals surface area contributed by atoms with Gasteiger partial charge in [0.2, 0.25) is 5.91 Å². The van der Waals surface area contributed by atoms with Gasteiger partial charge >= 0.3 is 0 Å². The van der Waals surface area contributed by atoms with Crippen molar-refractivity contribution in [3.05, 3.63) is 95.6 Å². The van der Waals surface area contributed by atoms with E-state index in [0.29, 0.717) is 24.5 Å². The van der Waals surface area contributed by atoms with Crippen LogP contribution in [0.25, 0.3) is 0 Å². The highest BCUT2D eigenvalue weighted by Gasteiger charge is 2.32. The second-order valence-electron chi connectivity index (χ2n) is 9.96. The average Bonchev–Trinajstić information content (AvgIpc) is 2.96. The quantitative estimate of drug-likeness (QED) is 0.368. The van der Waals surface area contributed by atoms with E-state index >= 15 is 0 Å². The summed E-state index contributed by atoms with van der Waals surface area (Å²) in [5, 5.41) is 3.27. The van der Waals surface area contributed by atoms with Gasteiger partial charge in [0.05, 0.1) is 7.11 Å². The van der Waals surface area contributed by atoms with Gasteiger partial charge in [-0.25, -0.2) is 0 Å².